The summed E-state index contributed by atoms with van der Waals surface area (Å²) in [5.74, 6) is -3.39. The largest absolute Gasteiger partial charge is 0.465 e. The predicted molar refractivity (Wildman–Crippen MR) is 36.1 cm³/mol. The first-order valence-electron chi connectivity index (χ1n) is 3.45. The predicted octanol–water partition coefficient (Wildman–Crippen LogP) is -0.708. The molecule has 5 heteroatoms. The van der Waals surface area contributed by atoms with Crippen LogP contribution in [0.4, 0.5) is 0 Å². The van der Waals surface area contributed by atoms with Crippen LogP contribution in [0.2, 0.25) is 0 Å². The Hall–Kier alpha value is -1.39. The van der Waals surface area contributed by atoms with Gasteiger partial charge >= 0.3 is 11.9 Å². The Kier molecular flexibility index (Phi) is 2.42. The maximum Gasteiger partial charge on any atom is 0.375 e. The molecule has 0 radical (unpaired) electrons. The third-order valence-corrected chi connectivity index (χ3v) is 1.64. The summed E-state index contributed by atoms with van der Waals surface area (Å²) < 4.78 is 8.69. The van der Waals surface area contributed by atoms with Crippen LogP contribution in [0.25, 0.3) is 0 Å². The van der Waals surface area contributed by atoms with E-state index in [0.717, 1.165) is 7.11 Å². The van der Waals surface area contributed by atoms with Gasteiger partial charge in [-0.25, -0.2) is 4.79 Å². The minimum Gasteiger partial charge on any atom is -0.465 e. The number of esters is 2. The van der Waals surface area contributed by atoms with Gasteiger partial charge in [0.25, 0.3) is 5.78 Å². The summed E-state index contributed by atoms with van der Waals surface area (Å²) in [6.07, 6.45) is 0.271. The van der Waals surface area contributed by atoms with Gasteiger partial charge < -0.3 is 9.47 Å². The molecule has 0 aliphatic carbocycles. The van der Waals surface area contributed by atoms with Crippen LogP contribution in [0.1, 0.15) is 6.42 Å². The number of Topliss-reactive ketones (excluding diaryl/α,β-unsaturated/α-hetero) is 1. The SMILES string of the molecule is COC(=O)C(=O)[C@@H]1CCOC1=O. The molecular weight excluding hydrogens is 164 g/mol. The summed E-state index contributed by atoms with van der Waals surface area (Å²) in [7, 11) is 1.10. The highest BCUT2D eigenvalue weighted by Crippen LogP contribution is 2.15. The molecule has 1 fully saturated rings. The van der Waals surface area contributed by atoms with Crippen LogP contribution in [-0.4, -0.2) is 31.4 Å². The van der Waals surface area contributed by atoms with Gasteiger partial charge in [0.05, 0.1) is 13.7 Å². The lowest BCUT2D eigenvalue weighted by Crippen LogP contribution is -2.27. The van der Waals surface area contributed by atoms with E-state index >= 15 is 0 Å². The van der Waals surface area contributed by atoms with Gasteiger partial charge in [0, 0.05) is 6.42 Å². The molecule has 66 valence electrons. The van der Waals surface area contributed by atoms with Crippen molar-refractivity contribution < 1.29 is 23.9 Å². The Morgan fingerprint density at radius 1 is 1.58 bits per heavy atom. The molecule has 5 nitrogen and oxygen atoms in total. The van der Waals surface area contributed by atoms with Crippen LogP contribution in [0, 0.1) is 5.92 Å². The summed E-state index contributed by atoms with van der Waals surface area (Å²) in [5, 5.41) is 0. The number of carbonyl (C=O) groups is 3. The molecule has 0 saturated carbocycles. The minimum absolute atomic E-state index is 0.201. The number of rotatable bonds is 2. The molecule has 1 heterocycles. The lowest BCUT2D eigenvalue weighted by molar-refractivity contribution is -0.157. The van der Waals surface area contributed by atoms with E-state index in [2.05, 4.69) is 9.47 Å². The molecule has 0 aromatic carbocycles. The molecule has 1 saturated heterocycles. The molecule has 0 amide bonds. The average molecular weight is 172 g/mol. The molecule has 1 aliphatic heterocycles. The second-order valence-electron chi connectivity index (χ2n) is 2.36. The average Bonchev–Trinajstić information content (AvgIpc) is 2.48. The molecule has 0 spiro atoms. The van der Waals surface area contributed by atoms with Gasteiger partial charge in [0.1, 0.15) is 5.92 Å². The highest BCUT2D eigenvalue weighted by Gasteiger charge is 2.37. The van der Waals surface area contributed by atoms with Gasteiger partial charge in [-0.2, -0.15) is 0 Å². The summed E-state index contributed by atoms with van der Waals surface area (Å²) in [6.45, 7) is 0.201. The molecule has 0 unspecified atom stereocenters. The maximum absolute atomic E-state index is 11.0. The number of cyclic esters (lactones) is 1. The van der Waals surface area contributed by atoms with E-state index in [4.69, 9.17) is 0 Å². The van der Waals surface area contributed by atoms with Crippen LogP contribution in [0.5, 0.6) is 0 Å². The van der Waals surface area contributed by atoms with Gasteiger partial charge in [0.2, 0.25) is 0 Å². The monoisotopic (exact) mass is 172 g/mol. The Labute approximate surface area is 68.6 Å². The lowest BCUT2D eigenvalue weighted by Gasteiger charge is -2.00. The van der Waals surface area contributed by atoms with Crippen LogP contribution in [0.3, 0.4) is 0 Å². The van der Waals surface area contributed by atoms with Crippen molar-refractivity contribution in [3.63, 3.8) is 0 Å². The first-order chi connectivity index (χ1) is 5.66. The highest BCUT2D eigenvalue weighted by molar-refractivity contribution is 6.38. The molecule has 1 aliphatic rings. The Balaban J connectivity index is 2.63. The quantitative estimate of drug-likeness (QED) is 0.312. The lowest BCUT2D eigenvalue weighted by atomic mass is 10.0. The van der Waals surface area contributed by atoms with Crippen molar-refractivity contribution in [3.05, 3.63) is 0 Å². The summed E-state index contributed by atoms with van der Waals surface area (Å²) >= 11 is 0. The number of ether oxygens (including phenoxy) is 2. The first-order valence-corrected chi connectivity index (χ1v) is 3.45. The maximum atomic E-state index is 11.0. The van der Waals surface area contributed by atoms with Crippen molar-refractivity contribution >= 4 is 17.7 Å². The van der Waals surface area contributed by atoms with Crippen molar-refractivity contribution in [2.75, 3.05) is 13.7 Å². The second kappa shape index (κ2) is 3.34. The Morgan fingerprint density at radius 3 is 2.67 bits per heavy atom. The van der Waals surface area contributed by atoms with Gasteiger partial charge in [-0.1, -0.05) is 0 Å². The topological polar surface area (TPSA) is 69.7 Å². The standard InChI is InChI=1S/C7H8O5/c1-11-7(10)5(8)4-2-3-12-6(4)9/h4H,2-3H2,1H3/t4-/m0/s1. The van der Waals surface area contributed by atoms with E-state index in [9.17, 15) is 14.4 Å². The molecule has 0 aromatic heterocycles. The van der Waals surface area contributed by atoms with Gasteiger partial charge in [-0.3, -0.25) is 9.59 Å². The molecule has 0 bridgehead atoms. The molecule has 0 aromatic rings. The fraction of sp³-hybridized carbons (Fsp3) is 0.571. The van der Waals surface area contributed by atoms with Crippen LogP contribution >= 0.6 is 0 Å². The van der Waals surface area contributed by atoms with E-state index in [1.807, 2.05) is 0 Å². The van der Waals surface area contributed by atoms with Crippen molar-refractivity contribution in [1.29, 1.82) is 0 Å². The van der Waals surface area contributed by atoms with E-state index in [0.29, 0.717) is 0 Å². The zero-order valence-electron chi connectivity index (χ0n) is 6.53. The number of carbonyl (C=O) groups excluding carboxylic acids is 3. The van der Waals surface area contributed by atoms with Crippen molar-refractivity contribution in [2.45, 2.75) is 6.42 Å². The zero-order valence-corrected chi connectivity index (χ0v) is 6.53. The van der Waals surface area contributed by atoms with E-state index in [-0.39, 0.29) is 13.0 Å². The first kappa shape index (κ1) is 8.70. The van der Waals surface area contributed by atoms with E-state index < -0.39 is 23.6 Å². The number of hydrogen-bond acceptors (Lipinski definition) is 5. The molecule has 12 heavy (non-hydrogen) atoms. The van der Waals surface area contributed by atoms with Crippen molar-refractivity contribution in [2.24, 2.45) is 5.92 Å². The summed E-state index contributed by atoms with van der Waals surface area (Å²) in [6, 6.07) is 0. The number of methoxy groups -OCH3 is 1. The van der Waals surface area contributed by atoms with Crippen molar-refractivity contribution in [1.82, 2.24) is 0 Å². The van der Waals surface area contributed by atoms with E-state index in [1.165, 1.54) is 0 Å². The number of hydrogen-bond donors (Lipinski definition) is 0. The Morgan fingerprint density at radius 2 is 2.25 bits per heavy atom. The van der Waals surface area contributed by atoms with Gasteiger partial charge in [-0.05, 0) is 0 Å². The van der Waals surface area contributed by atoms with Gasteiger partial charge in [0.15, 0.2) is 0 Å². The second-order valence-corrected chi connectivity index (χ2v) is 2.36. The zero-order chi connectivity index (χ0) is 9.14. The molecular formula is C7H8O5. The van der Waals surface area contributed by atoms with Crippen LogP contribution in [-0.2, 0) is 23.9 Å². The number of ketones is 1. The summed E-state index contributed by atoms with van der Waals surface area (Å²) in [4.78, 5) is 32.5. The smallest absolute Gasteiger partial charge is 0.375 e. The fourth-order valence-corrected chi connectivity index (χ4v) is 0.977. The fourth-order valence-electron chi connectivity index (χ4n) is 0.977. The van der Waals surface area contributed by atoms with Crippen LogP contribution < -0.4 is 0 Å². The third-order valence-electron chi connectivity index (χ3n) is 1.64. The van der Waals surface area contributed by atoms with Gasteiger partial charge in [-0.15, -0.1) is 0 Å². The van der Waals surface area contributed by atoms with Crippen molar-refractivity contribution in [3.8, 4) is 0 Å². The van der Waals surface area contributed by atoms with Crippen LogP contribution in [0.15, 0.2) is 0 Å². The normalized spacial score (nSPS) is 21.8. The minimum atomic E-state index is -0.987. The molecule has 1 atom stereocenters. The van der Waals surface area contributed by atoms with E-state index in [1.54, 1.807) is 0 Å². The third kappa shape index (κ3) is 1.44. The molecule has 1 rings (SSSR count). The highest BCUT2D eigenvalue weighted by atomic mass is 16.5. The summed E-state index contributed by atoms with van der Waals surface area (Å²) in [5.41, 5.74) is 0. The Bertz CT molecular complexity index is 232. The molecule has 0 N–H and O–H groups in total.